The van der Waals surface area contributed by atoms with Crippen molar-refractivity contribution in [2.75, 3.05) is 6.61 Å². The standard InChI is InChI=1S/C16H16ClFN2O/c17-13-6-3-4-10(16(13)18)8-14(20-19)12-9-21-15-7-2-1-5-11(12)15/h1-7,12,14,20H,8-9,19H2. The fourth-order valence-electron chi connectivity index (χ4n) is 2.78. The van der Waals surface area contributed by atoms with E-state index in [0.29, 0.717) is 18.6 Å². The first-order valence-corrected chi connectivity index (χ1v) is 7.19. The van der Waals surface area contributed by atoms with E-state index in [9.17, 15) is 4.39 Å². The van der Waals surface area contributed by atoms with Gasteiger partial charge >= 0.3 is 0 Å². The summed E-state index contributed by atoms with van der Waals surface area (Å²) < 4.78 is 19.7. The quantitative estimate of drug-likeness (QED) is 0.674. The number of ether oxygens (including phenoxy) is 1. The van der Waals surface area contributed by atoms with Crippen LogP contribution in [0.2, 0.25) is 5.02 Å². The van der Waals surface area contributed by atoms with Crippen molar-refractivity contribution in [2.45, 2.75) is 18.4 Å². The third kappa shape index (κ3) is 2.75. The van der Waals surface area contributed by atoms with Gasteiger partial charge in [-0.3, -0.25) is 11.3 Å². The summed E-state index contributed by atoms with van der Waals surface area (Å²) in [6.45, 7) is 0.538. The third-order valence-corrected chi connectivity index (χ3v) is 4.20. The molecule has 0 bridgehead atoms. The lowest BCUT2D eigenvalue weighted by atomic mass is 9.89. The maximum atomic E-state index is 14.0. The highest BCUT2D eigenvalue weighted by atomic mass is 35.5. The average molecular weight is 307 g/mol. The van der Waals surface area contributed by atoms with Crippen LogP contribution in [0.4, 0.5) is 4.39 Å². The van der Waals surface area contributed by atoms with Gasteiger partial charge in [0.25, 0.3) is 0 Å². The fourth-order valence-corrected chi connectivity index (χ4v) is 2.98. The zero-order chi connectivity index (χ0) is 14.8. The lowest BCUT2D eigenvalue weighted by molar-refractivity contribution is 0.297. The van der Waals surface area contributed by atoms with E-state index >= 15 is 0 Å². The molecular weight excluding hydrogens is 291 g/mol. The molecule has 0 saturated carbocycles. The van der Waals surface area contributed by atoms with Gasteiger partial charge < -0.3 is 4.74 Å². The SMILES string of the molecule is NNC(Cc1cccc(Cl)c1F)C1COc2ccccc21. The Bertz CT molecular complexity index is 650. The van der Waals surface area contributed by atoms with Crippen LogP contribution in [0.1, 0.15) is 17.0 Å². The predicted octanol–water partition coefficient (Wildman–Crippen LogP) is 3.03. The van der Waals surface area contributed by atoms with Crippen LogP contribution in [0.3, 0.4) is 0 Å². The van der Waals surface area contributed by atoms with E-state index in [1.165, 1.54) is 0 Å². The molecule has 0 radical (unpaired) electrons. The second-order valence-corrected chi connectivity index (χ2v) is 5.55. The number of fused-ring (bicyclic) bond motifs is 1. The molecule has 2 unspecified atom stereocenters. The first kappa shape index (κ1) is 14.3. The lowest BCUT2D eigenvalue weighted by Crippen LogP contribution is -2.42. The zero-order valence-electron chi connectivity index (χ0n) is 11.4. The van der Waals surface area contributed by atoms with E-state index in [1.807, 2.05) is 24.3 Å². The molecule has 2 aromatic carbocycles. The minimum Gasteiger partial charge on any atom is -0.493 e. The molecule has 21 heavy (non-hydrogen) atoms. The summed E-state index contributed by atoms with van der Waals surface area (Å²) in [5.41, 5.74) is 4.44. The van der Waals surface area contributed by atoms with Crippen molar-refractivity contribution >= 4 is 11.6 Å². The minimum atomic E-state index is -0.383. The van der Waals surface area contributed by atoms with Crippen LogP contribution in [0, 0.1) is 5.82 Å². The number of hydrogen-bond acceptors (Lipinski definition) is 3. The maximum Gasteiger partial charge on any atom is 0.145 e. The number of nitrogens with one attached hydrogen (secondary N) is 1. The molecule has 3 nitrogen and oxygen atoms in total. The van der Waals surface area contributed by atoms with Crippen molar-refractivity contribution in [2.24, 2.45) is 5.84 Å². The largest absolute Gasteiger partial charge is 0.493 e. The molecule has 0 aromatic heterocycles. The van der Waals surface area contributed by atoms with E-state index in [2.05, 4.69) is 5.43 Å². The highest BCUT2D eigenvalue weighted by molar-refractivity contribution is 6.30. The van der Waals surface area contributed by atoms with Crippen molar-refractivity contribution in [1.29, 1.82) is 0 Å². The minimum absolute atomic E-state index is 0.0876. The van der Waals surface area contributed by atoms with Crippen molar-refractivity contribution in [3.63, 3.8) is 0 Å². The Kier molecular flexibility index (Phi) is 4.10. The van der Waals surface area contributed by atoms with Gasteiger partial charge in [-0.05, 0) is 24.1 Å². The first-order valence-electron chi connectivity index (χ1n) is 6.81. The van der Waals surface area contributed by atoms with Crippen molar-refractivity contribution in [1.82, 2.24) is 5.43 Å². The van der Waals surface area contributed by atoms with Crippen LogP contribution >= 0.6 is 11.6 Å². The third-order valence-electron chi connectivity index (χ3n) is 3.91. The molecule has 3 rings (SSSR count). The first-order chi connectivity index (χ1) is 10.2. The van der Waals surface area contributed by atoms with Gasteiger partial charge in [-0.25, -0.2) is 4.39 Å². The van der Waals surface area contributed by atoms with Crippen LogP contribution in [-0.4, -0.2) is 12.6 Å². The molecule has 1 aliphatic heterocycles. The number of halogens is 2. The summed E-state index contributed by atoms with van der Waals surface area (Å²) in [5, 5.41) is 0.131. The predicted molar refractivity (Wildman–Crippen MR) is 80.9 cm³/mol. The molecule has 3 N–H and O–H groups in total. The Labute approximate surface area is 127 Å². The fraction of sp³-hybridized carbons (Fsp3) is 0.250. The maximum absolute atomic E-state index is 14.0. The zero-order valence-corrected chi connectivity index (χ0v) is 12.1. The summed E-state index contributed by atoms with van der Waals surface area (Å²) in [5.74, 6) is 6.26. The topological polar surface area (TPSA) is 47.3 Å². The van der Waals surface area contributed by atoms with Crippen LogP contribution in [-0.2, 0) is 6.42 Å². The molecule has 5 heteroatoms. The van der Waals surface area contributed by atoms with E-state index < -0.39 is 0 Å². The molecule has 2 aromatic rings. The van der Waals surface area contributed by atoms with Crippen LogP contribution in [0.15, 0.2) is 42.5 Å². The van der Waals surface area contributed by atoms with Gasteiger partial charge in [0.05, 0.1) is 11.6 Å². The van der Waals surface area contributed by atoms with E-state index in [4.69, 9.17) is 22.2 Å². The number of hydrazine groups is 1. The van der Waals surface area contributed by atoms with E-state index in [1.54, 1.807) is 18.2 Å². The highest BCUT2D eigenvalue weighted by Crippen LogP contribution is 2.36. The molecule has 0 aliphatic carbocycles. The van der Waals surface area contributed by atoms with Gasteiger partial charge in [0.1, 0.15) is 11.6 Å². The molecule has 0 fully saturated rings. The smallest absolute Gasteiger partial charge is 0.145 e. The Morgan fingerprint density at radius 3 is 2.90 bits per heavy atom. The summed E-state index contributed by atoms with van der Waals surface area (Å²) in [7, 11) is 0. The number of hydrogen-bond donors (Lipinski definition) is 2. The Hall–Kier alpha value is -1.62. The van der Waals surface area contributed by atoms with Gasteiger partial charge in [-0.1, -0.05) is 41.9 Å². The molecule has 110 valence electrons. The van der Waals surface area contributed by atoms with Crippen molar-refractivity contribution < 1.29 is 9.13 Å². The lowest BCUT2D eigenvalue weighted by Gasteiger charge is -2.22. The van der Waals surface area contributed by atoms with Crippen molar-refractivity contribution in [3.05, 3.63) is 64.4 Å². The molecule has 2 atom stereocenters. The van der Waals surface area contributed by atoms with Gasteiger partial charge in [-0.2, -0.15) is 0 Å². The number of benzene rings is 2. The van der Waals surface area contributed by atoms with Crippen LogP contribution in [0.25, 0.3) is 0 Å². The van der Waals surface area contributed by atoms with Gasteiger partial charge in [0.2, 0.25) is 0 Å². The Morgan fingerprint density at radius 2 is 2.10 bits per heavy atom. The Morgan fingerprint density at radius 1 is 1.29 bits per heavy atom. The molecule has 0 amide bonds. The monoisotopic (exact) mass is 306 g/mol. The molecular formula is C16H16ClFN2O. The average Bonchev–Trinajstić information content (AvgIpc) is 2.93. The number of nitrogens with two attached hydrogens (primary N) is 1. The van der Waals surface area contributed by atoms with Gasteiger partial charge in [0.15, 0.2) is 0 Å². The van der Waals surface area contributed by atoms with Crippen LogP contribution in [0.5, 0.6) is 5.75 Å². The highest BCUT2D eigenvalue weighted by Gasteiger charge is 2.31. The summed E-state index contributed by atoms with van der Waals surface area (Å²) in [6, 6.07) is 12.7. The molecule has 1 heterocycles. The second-order valence-electron chi connectivity index (χ2n) is 5.15. The van der Waals surface area contributed by atoms with Gasteiger partial charge in [0, 0.05) is 17.5 Å². The number of rotatable bonds is 4. The van der Waals surface area contributed by atoms with E-state index in [0.717, 1.165) is 11.3 Å². The summed E-state index contributed by atoms with van der Waals surface area (Å²) in [4.78, 5) is 0. The normalized spacial score (nSPS) is 18.1. The summed E-state index contributed by atoms with van der Waals surface area (Å²) >= 11 is 5.83. The number of para-hydroxylation sites is 1. The summed E-state index contributed by atoms with van der Waals surface area (Å²) in [6.07, 6.45) is 0.450. The molecule has 1 aliphatic rings. The van der Waals surface area contributed by atoms with Gasteiger partial charge in [-0.15, -0.1) is 0 Å². The van der Waals surface area contributed by atoms with Crippen LogP contribution < -0.4 is 16.0 Å². The second kappa shape index (κ2) is 6.02. The molecule has 0 saturated heterocycles. The Balaban J connectivity index is 1.85. The van der Waals surface area contributed by atoms with Crippen molar-refractivity contribution in [3.8, 4) is 5.75 Å². The van der Waals surface area contributed by atoms with E-state index in [-0.39, 0.29) is 22.8 Å². The molecule has 0 spiro atoms.